The fraction of sp³-hybridized carbons (Fsp3) is 0.333. The summed E-state index contributed by atoms with van der Waals surface area (Å²) < 4.78 is 10.5. The highest BCUT2D eigenvalue weighted by Gasteiger charge is 2.15. The lowest BCUT2D eigenvalue weighted by atomic mass is 10.1. The molecule has 0 spiro atoms. The van der Waals surface area contributed by atoms with Crippen LogP contribution in [-0.4, -0.2) is 30.3 Å². The molecule has 0 unspecified atom stereocenters. The smallest absolute Gasteiger partial charge is 0.255 e. The summed E-state index contributed by atoms with van der Waals surface area (Å²) in [5.74, 6) is 1.26. The maximum atomic E-state index is 12.2. The molecule has 1 heterocycles. The average molecular weight is 289 g/mol. The molecule has 1 aromatic heterocycles. The molecule has 1 amide bonds. The van der Waals surface area contributed by atoms with Gasteiger partial charge in [-0.2, -0.15) is 5.10 Å². The van der Waals surface area contributed by atoms with E-state index in [0.717, 1.165) is 17.0 Å². The monoisotopic (exact) mass is 289 g/mol. The summed E-state index contributed by atoms with van der Waals surface area (Å²) in [6, 6.07) is 5.47. The van der Waals surface area contributed by atoms with Crippen molar-refractivity contribution in [3.8, 4) is 11.5 Å². The van der Waals surface area contributed by atoms with Gasteiger partial charge in [0.05, 0.1) is 25.5 Å². The van der Waals surface area contributed by atoms with Gasteiger partial charge in [-0.05, 0) is 32.0 Å². The van der Waals surface area contributed by atoms with Gasteiger partial charge in [0.15, 0.2) is 0 Å². The third kappa shape index (κ3) is 3.16. The molecular weight excluding hydrogens is 270 g/mol. The molecule has 0 bridgehead atoms. The largest absolute Gasteiger partial charge is 0.497 e. The number of nitrogens with one attached hydrogen (secondary N) is 2. The lowest BCUT2D eigenvalue weighted by Crippen LogP contribution is -2.24. The SMILES string of the molecule is COc1ccc(OC)c(CNC(=O)c2c(C)n[nH]c2C)c1. The molecule has 0 aliphatic carbocycles. The first kappa shape index (κ1) is 14.9. The Labute approximate surface area is 123 Å². The Balaban J connectivity index is 2.14. The molecule has 21 heavy (non-hydrogen) atoms. The first-order valence-corrected chi connectivity index (χ1v) is 6.57. The number of carbonyl (C=O) groups is 1. The topological polar surface area (TPSA) is 76.2 Å². The van der Waals surface area contributed by atoms with Crippen molar-refractivity contribution in [3.05, 3.63) is 40.7 Å². The molecule has 0 saturated carbocycles. The Morgan fingerprint density at radius 1 is 1.29 bits per heavy atom. The number of ether oxygens (including phenoxy) is 2. The number of carbonyl (C=O) groups excluding carboxylic acids is 1. The number of methoxy groups -OCH3 is 2. The molecule has 0 atom stereocenters. The van der Waals surface area contributed by atoms with Crippen molar-refractivity contribution in [2.45, 2.75) is 20.4 Å². The first-order valence-electron chi connectivity index (χ1n) is 6.57. The van der Waals surface area contributed by atoms with Gasteiger partial charge in [-0.3, -0.25) is 9.89 Å². The van der Waals surface area contributed by atoms with Crippen LogP contribution < -0.4 is 14.8 Å². The maximum absolute atomic E-state index is 12.2. The second-order valence-electron chi connectivity index (χ2n) is 4.67. The highest BCUT2D eigenvalue weighted by atomic mass is 16.5. The van der Waals surface area contributed by atoms with E-state index in [1.807, 2.05) is 25.1 Å². The minimum atomic E-state index is -0.163. The number of hydrogen-bond acceptors (Lipinski definition) is 4. The molecule has 0 fully saturated rings. The molecule has 2 rings (SSSR count). The molecule has 1 aromatic carbocycles. The van der Waals surface area contributed by atoms with Crippen molar-refractivity contribution >= 4 is 5.91 Å². The Hall–Kier alpha value is -2.50. The number of aromatic amines is 1. The van der Waals surface area contributed by atoms with Crippen LogP contribution in [0.15, 0.2) is 18.2 Å². The number of aryl methyl sites for hydroxylation is 2. The lowest BCUT2D eigenvalue weighted by Gasteiger charge is -2.11. The standard InChI is InChI=1S/C15H19N3O3/c1-9-14(10(2)18-17-9)15(19)16-8-11-7-12(20-3)5-6-13(11)21-4/h5-7H,8H2,1-4H3,(H,16,19)(H,17,18). The van der Waals surface area contributed by atoms with E-state index >= 15 is 0 Å². The predicted molar refractivity (Wildman–Crippen MR) is 78.8 cm³/mol. The van der Waals surface area contributed by atoms with Gasteiger partial charge in [-0.15, -0.1) is 0 Å². The highest BCUT2D eigenvalue weighted by molar-refractivity contribution is 5.96. The van der Waals surface area contributed by atoms with Crippen molar-refractivity contribution in [3.63, 3.8) is 0 Å². The third-order valence-corrected chi connectivity index (χ3v) is 3.28. The quantitative estimate of drug-likeness (QED) is 0.882. The van der Waals surface area contributed by atoms with Crippen molar-refractivity contribution in [2.24, 2.45) is 0 Å². The molecule has 0 aliphatic rings. The van der Waals surface area contributed by atoms with E-state index in [4.69, 9.17) is 9.47 Å². The summed E-state index contributed by atoms with van der Waals surface area (Å²) in [7, 11) is 3.19. The summed E-state index contributed by atoms with van der Waals surface area (Å²) in [5, 5.41) is 9.70. The minimum absolute atomic E-state index is 0.163. The fourth-order valence-electron chi connectivity index (χ4n) is 2.17. The molecular formula is C15H19N3O3. The van der Waals surface area contributed by atoms with Gasteiger partial charge >= 0.3 is 0 Å². The molecule has 0 radical (unpaired) electrons. The van der Waals surface area contributed by atoms with Gasteiger partial charge in [0, 0.05) is 17.8 Å². The Kier molecular flexibility index (Phi) is 4.47. The normalized spacial score (nSPS) is 10.3. The Morgan fingerprint density at radius 3 is 2.62 bits per heavy atom. The van der Waals surface area contributed by atoms with E-state index in [9.17, 15) is 4.79 Å². The number of aromatic nitrogens is 2. The van der Waals surface area contributed by atoms with Crippen LogP contribution in [0.5, 0.6) is 11.5 Å². The zero-order valence-corrected chi connectivity index (χ0v) is 12.6. The summed E-state index contributed by atoms with van der Waals surface area (Å²) in [5.41, 5.74) is 2.87. The summed E-state index contributed by atoms with van der Waals surface area (Å²) in [4.78, 5) is 12.2. The van der Waals surface area contributed by atoms with E-state index in [2.05, 4.69) is 15.5 Å². The second kappa shape index (κ2) is 6.30. The van der Waals surface area contributed by atoms with Crippen molar-refractivity contribution in [1.82, 2.24) is 15.5 Å². The number of H-pyrrole nitrogens is 1. The lowest BCUT2D eigenvalue weighted by molar-refractivity contribution is 0.0949. The van der Waals surface area contributed by atoms with E-state index in [1.54, 1.807) is 21.1 Å². The molecule has 0 saturated heterocycles. The van der Waals surface area contributed by atoms with Crippen LogP contribution >= 0.6 is 0 Å². The van der Waals surface area contributed by atoms with Crippen LogP contribution in [-0.2, 0) is 6.54 Å². The summed E-state index contributed by atoms with van der Waals surface area (Å²) >= 11 is 0. The fourth-order valence-corrected chi connectivity index (χ4v) is 2.17. The van der Waals surface area contributed by atoms with Crippen LogP contribution in [0.4, 0.5) is 0 Å². The number of rotatable bonds is 5. The predicted octanol–water partition coefficient (Wildman–Crippen LogP) is 1.97. The first-order chi connectivity index (χ1) is 10.1. The van der Waals surface area contributed by atoms with Crippen LogP contribution in [0.25, 0.3) is 0 Å². The minimum Gasteiger partial charge on any atom is -0.497 e. The summed E-state index contributed by atoms with van der Waals surface area (Å²) in [6.07, 6.45) is 0. The van der Waals surface area contributed by atoms with Crippen LogP contribution in [0.1, 0.15) is 27.3 Å². The third-order valence-electron chi connectivity index (χ3n) is 3.28. The maximum Gasteiger partial charge on any atom is 0.255 e. The molecule has 2 N–H and O–H groups in total. The molecule has 0 aliphatic heterocycles. The number of hydrogen-bond donors (Lipinski definition) is 2. The van der Waals surface area contributed by atoms with E-state index in [0.29, 0.717) is 23.6 Å². The van der Waals surface area contributed by atoms with Crippen LogP contribution in [0.2, 0.25) is 0 Å². The molecule has 6 heteroatoms. The van der Waals surface area contributed by atoms with Crippen LogP contribution in [0, 0.1) is 13.8 Å². The van der Waals surface area contributed by atoms with Gasteiger partial charge in [-0.25, -0.2) is 0 Å². The van der Waals surface area contributed by atoms with E-state index < -0.39 is 0 Å². The van der Waals surface area contributed by atoms with Gasteiger partial charge in [0.25, 0.3) is 5.91 Å². The van der Waals surface area contributed by atoms with Crippen molar-refractivity contribution in [2.75, 3.05) is 14.2 Å². The number of benzene rings is 1. The zero-order chi connectivity index (χ0) is 15.4. The average Bonchev–Trinajstić information content (AvgIpc) is 2.83. The van der Waals surface area contributed by atoms with Gasteiger partial charge in [0.1, 0.15) is 11.5 Å². The van der Waals surface area contributed by atoms with Crippen molar-refractivity contribution < 1.29 is 14.3 Å². The van der Waals surface area contributed by atoms with Gasteiger partial charge < -0.3 is 14.8 Å². The van der Waals surface area contributed by atoms with Crippen LogP contribution in [0.3, 0.4) is 0 Å². The van der Waals surface area contributed by atoms with Gasteiger partial charge in [0.2, 0.25) is 0 Å². The molecule has 2 aromatic rings. The van der Waals surface area contributed by atoms with Crippen molar-refractivity contribution in [1.29, 1.82) is 0 Å². The second-order valence-corrected chi connectivity index (χ2v) is 4.67. The zero-order valence-electron chi connectivity index (χ0n) is 12.6. The molecule has 6 nitrogen and oxygen atoms in total. The Bertz CT molecular complexity index is 630. The van der Waals surface area contributed by atoms with E-state index in [-0.39, 0.29) is 5.91 Å². The van der Waals surface area contributed by atoms with Gasteiger partial charge in [-0.1, -0.05) is 0 Å². The summed E-state index contributed by atoms with van der Waals surface area (Å²) in [6.45, 7) is 3.97. The number of nitrogens with zero attached hydrogens (tertiary/aromatic N) is 1. The number of amides is 1. The van der Waals surface area contributed by atoms with E-state index in [1.165, 1.54) is 0 Å². The highest BCUT2D eigenvalue weighted by Crippen LogP contribution is 2.23. The Morgan fingerprint density at radius 2 is 2.05 bits per heavy atom. The molecule has 112 valence electrons.